The number of hydrogen-bond acceptors (Lipinski definition) is 4. The van der Waals surface area contributed by atoms with Crippen LogP contribution < -0.4 is 9.47 Å². The molecule has 3 aromatic rings. The first-order chi connectivity index (χ1) is 13.7. The topological polar surface area (TPSA) is 36.9 Å². The summed E-state index contributed by atoms with van der Waals surface area (Å²) in [5.41, 5.74) is 4.59. The van der Waals surface area contributed by atoms with Crippen LogP contribution in [0.5, 0.6) is 11.5 Å². The Kier molecular flexibility index (Phi) is 7.47. The molecule has 4 nitrogen and oxygen atoms in total. The maximum absolute atomic E-state index is 5.58. The van der Waals surface area contributed by atoms with Gasteiger partial charge in [-0.05, 0) is 49.2 Å². The van der Waals surface area contributed by atoms with Crippen LogP contribution in [-0.4, -0.2) is 13.6 Å². The molecular formula is C24H26O4. The Morgan fingerprint density at radius 2 is 0.857 bits per heavy atom. The maximum atomic E-state index is 5.58. The minimum absolute atomic E-state index is 0.226. The predicted molar refractivity (Wildman–Crippen MR) is 109 cm³/mol. The van der Waals surface area contributed by atoms with Crippen LogP contribution in [0.15, 0.2) is 72.8 Å². The van der Waals surface area contributed by atoms with E-state index >= 15 is 0 Å². The number of aryl methyl sites for hydroxylation is 2. The van der Waals surface area contributed by atoms with E-state index in [0.29, 0.717) is 13.2 Å². The Morgan fingerprint density at radius 3 is 1.21 bits per heavy atom. The molecule has 0 radical (unpaired) electrons. The van der Waals surface area contributed by atoms with E-state index in [1.165, 1.54) is 11.1 Å². The van der Waals surface area contributed by atoms with Crippen LogP contribution in [0.2, 0.25) is 0 Å². The van der Waals surface area contributed by atoms with Gasteiger partial charge in [0.1, 0.15) is 11.5 Å². The Labute approximate surface area is 166 Å². The summed E-state index contributed by atoms with van der Waals surface area (Å²) in [6.45, 7) is 5.56. The van der Waals surface area contributed by atoms with Gasteiger partial charge in [0.15, 0.2) is 13.6 Å². The van der Waals surface area contributed by atoms with Gasteiger partial charge in [-0.25, -0.2) is 0 Å². The number of rotatable bonds is 10. The fourth-order valence-corrected chi connectivity index (χ4v) is 2.54. The van der Waals surface area contributed by atoms with Crippen molar-refractivity contribution < 1.29 is 18.9 Å². The Bertz CT molecular complexity index is 751. The van der Waals surface area contributed by atoms with Crippen LogP contribution in [0.25, 0.3) is 0 Å². The fourth-order valence-electron chi connectivity index (χ4n) is 2.54. The van der Waals surface area contributed by atoms with Crippen LogP contribution >= 0.6 is 0 Å². The molecule has 0 unspecified atom stereocenters. The molecule has 3 rings (SSSR count). The molecular weight excluding hydrogens is 352 g/mol. The molecule has 0 saturated carbocycles. The van der Waals surface area contributed by atoms with Gasteiger partial charge >= 0.3 is 0 Å². The van der Waals surface area contributed by atoms with Crippen molar-refractivity contribution in [1.29, 1.82) is 0 Å². The van der Waals surface area contributed by atoms with Crippen molar-refractivity contribution in [2.24, 2.45) is 0 Å². The second kappa shape index (κ2) is 10.5. The zero-order valence-corrected chi connectivity index (χ0v) is 16.4. The van der Waals surface area contributed by atoms with Crippen molar-refractivity contribution in [3.63, 3.8) is 0 Å². The molecule has 0 spiro atoms. The SMILES string of the molecule is Cc1ccc(OCOCc2ccc(COCOc3ccc(C)cc3)cc2)cc1. The lowest BCUT2D eigenvalue weighted by Crippen LogP contribution is -2.04. The molecule has 0 fully saturated rings. The van der Waals surface area contributed by atoms with Crippen molar-refractivity contribution >= 4 is 0 Å². The smallest absolute Gasteiger partial charge is 0.189 e. The van der Waals surface area contributed by atoms with Crippen molar-refractivity contribution in [1.82, 2.24) is 0 Å². The van der Waals surface area contributed by atoms with Crippen molar-refractivity contribution in [2.45, 2.75) is 27.1 Å². The standard InChI is InChI=1S/C24H26O4/c1-19-3-11-23(12-4-19)27-17-25-15-21-7-9-22(10-8-21)16-26-18-28-24-13-5-20(2)6-14-24/h3-14H,15-18H2,1-2H3. The molecule has 0 heterocycles. The zero-order chi connectivity index (χ0) is 19.6. The first-order valence-corrected chi connectivity index (χ1v) is 9.31. The van der Waals surface area contributed by atoms with Crippen LogP contribution in [0.3, 0.4) is 0 Å². The van der Waals surface area contributed by atoms with Gasteiger partial charge in [-0.2, -0.15) is 0 Å². The first-order valence-electron chi connectivity index (χ1n) is 9.31. The highest BCUT2D eigenvalue weighted by molar-refractivity contribution is 5.27. The van der Waals surface area contributed by atoms with Gasteiger partial charge in [-0.3, -0.25) is 0 Å². The number of hydrogen-bond donors (Lipinski definition) is 0. The molecule has 0 saturated heterocycles. The summed E-state index contributed by atoms with van der Waals surface area (Å²) in [5, 5.41) is 0. The molecule has 0 aliphatic carbocycles. The Balaban J connectivity index is 1.31. The molecule has 4 heteroatoms. The van der Waals surface area contributed by atoms with Crippen molar-refractivity contribution in [2.75, 3.05) is 13.6 Å². The first kappa shape index (κ1) is 19.9. The lowest BCUT2D eigenvalue weighted by molar-refractivity contribution is 0.00380. The second-order valence-electron chi connectivity index (χ2n) is 6.66. The van der Waals surface area contributed by atoms with Gasteiger partial charge in [0, 0.05) is 0 Å². The summed E-state index contributed by atoms with van der Waals surface area (Å²) in [5.74, 6) is 1.62. The normalized spacial score (nSPS) is 10.6. The van der Waals surface area contributed by atoms with E-state index in [-0.39, 0.29) is 13.6 Å². The summed E-state index contributed by atoms with van der Waals surface area (Å²) < 4.78 is 22.3. The third-order valence-corrected chi connectivity index (χ3v) is 4.22. The van der Waals surface area contributed by atoms with E-state index in [9.17, 15) is 0 Å². The lowest BCUT2D eigenvalue weighted by atomic mass is 10.1. The molecule has 0 aromatic heterocycles. The molecule has 0 aliphatic heterocycles. The quantitative estimate of drug-likeness (QED) is 0.349. The number of ether oxygens (including phenoxy) is 4. The summed E-state index contributed by atoms with van der Waals surface area (Å²) in [4.78, 5) is 0. The molecule has 0 aliphatic rings. The van der Waals surface area contributed by atoms with Gasteiger partial charge in [-0.1, -0.05) is 59.7 Å². The highest BCUT2D eigenvalue weighted by Gasteiger charge is 1.99. The zero-order valence-electron chi connectivity index (χ0n) is 16.4. The number of benzene rings is 3. The van der Waals surface area contributed by atoms with Crippen molar-refractivity contribution in [3.05, 3.63) is 95.1 Å². The minimum Gasteiger partial charge on any atom is -0.468 e. The molecule has 0 amide bonds. The highest BCUT2D eigenvalue weighted by Crippen LogP contribution is 2.13. The van der Waals surface area contributed by atoms with E-state index in [1.807, 2.05) is 86.6 Å². The molecule has 0 bridgehead atoms. The summed E-state index contributed by atoms with van der Waals surface area (Å²) in [6.07, 6.45) is 0. The van der Waals surface area contributed by atoms with E-state index in [2.05, 4.69) is 0 Å². The average molecular weight is 378 g/mol. The minimum atomic E-state index is 0.226. The monoisotopic (exact) mass is 378 g/mol. The van der Waals surface area contributed by atoms with E-state index < -0.39 is 0 Å². The predicted octanol–water partition coefficient (Wildman–Crippen LogP) is 5.41. The summed E-state index contributed by atoms with van der Waals surface area (Å²) >= 11 is 0. The third kappa shape index (κ3) is 6.72. The third-order valence-electron chi connectivity index (χ3n) is 4.22. The van der Waals surface area contributed by atoms with E-state index in [1.54, 1.807) is 0 Å². The molecule has 3 aromatic carbocycles. The summed E-state index contributed by atoms with van der Waals surface area (Å²) in [7, 11) is 0. The van der Waals surface area contributed by atoms with E-state index in [0.717, 1.165) is 22.6 Å². The van der Waals surface area contributed by atoms with Gasteiger partial charge in [-0.15, -0.1) is 0 Å². The molecule has 0 atom stereocenters. The summed E-state index contributed by atoms with van der Waals surface area (Å²) in [6, 6.07) is 24.0. The van der Waals surface area contributed by atoms with Crippen LogP contribution in [0.4, 0.5) is 0 Å². The van der Waals surface area contributed by atoms with Gasteiger partial charge < -0.3 is 18.9 Å². The molecule has 146 valence electrons. The average Bonchev–Trinajstić information content (AvgIpc) is 2.72. The van der Waals surface area contributed by atoms with Crippen molar-refractivity contribution in [3.8, 4) is 11.5 Å². The van der Waals surface area contributed by atoms with Crippen LogP contribution in [0, 0.1) is 13.8 Å². The van der Waals surface area contributed by atoms with Gasteiger partial charge in [0.25, 0.3) is 0 Å². The van der Waals surface area contributed by atoms with Gasteiger partial charge in [0.2, 0.25) is 0 Å². The second-order valence-corrected chi connectivity index (χ2v) is 6.66. The van der Waals surface area contributed by atoms with Gasteiger partial charge in [0.05, 0.1) is 13.2 Å². The Hall–Kier alpha value is -2.82. The van der Waals surface area contributed by atoms with Crippen LogP contribution in [-0.2, 0) is 22.7 Å². The molecule has 28 heavy (non-hydrogen) atoms. The molecule has 0 N–H and O–H groups in total. The largest absolute Gasteiger partial charge is 0.468 e. The maximum Gasteiger partial charge on any atom is 0.189 e. The van der Waals surface area contributed by atoms with E-state index in [4.69, 9.17) is 18.9 Å². The highest BCUT2D eigenvalue weighted by atomic mass is 16.7. The fraction of sp³-hybridized carbons (Fsp3) is 0.250. The Morgan fingerprint density at radius 1 is 0.500 bits per heavy atom. The van der Waals surface area contributed by atoms with Crippen LogP contribution in [0.1, 0.15) is 22.3 Å². The lowest BCUT2D eigenvalue weighted by Gasteiger charge is -2.09.